The van der Waals surface area contributed by atoms with Gasteiger partial charge in [0.05, 0.1) is 0 Å². The first-order valence-corrected chi connectivity index (χ1v) is 12.7. The molecule has 0 saturated heterocycles. The molecule has 26 heavy (non-hydrogen) atoms. The summed E-state index contributed by atoms with van der Waals surface area (Å²) in [5.41, 5.74) is 0.737. The molecular formula is C26H50. The Hall–Kier alpha value is 0. The third-order valence-electron chi connectivity index (χ3n) is 8.43. The summed E-state index contributed by atoms with van der Waals surface area (Å²) in [7, 11) is 0. The number of hydrogen-bond donors (Lipinski definition) is 0. The van der Waals surface area contributed by atoms with Gasteiger partial charge < -0.3 is 0 Å². The van der Waals surface area contributed by atoms with Crippen LogP contribution in [0, 0.1) is 23.2 Å². The fraction of sp³-hybridized carbons (Fsp3) is 1.00. The lowest BCUT2D eigenvalue weighted by Gasteiger charge is -2.44. The van der Waals surface area contributed by atoms with Gasteiger partial charge >= 0.3 is 0 Å². The second-order valence-corrected chi connectivity index (χ2v) is 10.1. The van der Waals surface area contributed by atoms with Crippen molar-refractivity contribution in [2.45, 2.75) is 143 Å². The Bertz CT molecular complexity index is 328. The normalized spacial score (nSPS) is 32.7. The Morgan fingerprint density at radius 2 is 1.19 bits per heavy atom. The van der Waals surface area contributed by atoms with Crippen molar-refractivity contribution in [1.29, 1.82) is 0 Å². The Kier molecular flexibility index (Phi) is 10.7. The fourth-order valence-corrected chi connectivity index (χ4v) is 6.24. The monoisotopic (exact) mass is 362 g/mol. The van der Waals surface area contributed by atoms with E-state index in [0.29, 0.717) is 0 Å². The van der Waals surface area contributed by atoms with Crippen molar-refractivity contribution in [2.75, 3.05) is 0 Å². The molecule has 2 rings (SSSR count). The minimum absolute atomic E-state index is 0.737. The van der Waals surface area contributed by atoms with Crippen LogP contribution in [0.25, 0.3) is 0 Å². The van der Waals surface area contributed by atoms with Gasteiger partial charge in [0.1, 0.15) is 0 Å². The highest BCUT2D eigenvalue weighted by Gasteiger charge is 2.36. The molecule has 0 radical (unpaired) electrons. The van der Waals surface area contributed by atoms with E-state index in [-0.39, 0.29) is 0 Å². The summed E-state index contributed by atoms with van der Waals surface area (Å²) in [5, 5.41) is 0. The van der Waals surface area contributed by atoms with Crippen LogP contribution >= 0.6 is 0 Å². The predicted octanol–water partition coefficient (Wildman–Crippen LogP) is 9.32. The average Bonchev–Trinajstić information content (AvgIpc) is 2.70. The van der Waals surface area contributed by atoms with Crippen LogP contribution in [0.15, 0.2) is 0 Å². The lowest BCUT2D eigenvalue weighted by molar-refractivity contribution is 0.0797. The molecule has 154 valence electrons. The van der Waals surface area contributed by atoms with E-state index in [2.05, 4.69) is 20.8 Å². The third-order valence-corrected chi connectivity index (χ3v) is 8.43. The van der Waals surface area contributed by atoms with Crippen molar-refractivity contribution < 1.29 is 0 Å². The number of unbranched alkanes of at least 4 members (excludes halogenated alkanes) is 6. The molecule has 0 aliphatic heterocycles. The quantitative estimate of drug-likeness (QED) is 0.303. The molecular weight excluding hydrogens is 312 g/mol. The Morgan fingerprint density at radius 1 is 0.615 bits per heavy atom. The van der Waals surface area contributed by atoms with E-state index in [1.54, 1.807) is 51.4 Å². The summed E-state index contributed by atoms with van der Waals surface area (Å²) in [6.45, 7) is 7.14. The Labute approximate surface area is 166 Å². The van der Waals surface area contributed by atoms with Gasteiger partial charge in [0.15, 0.2) is 0 Å². The highest BCUT2D eigenvalue weighted by molar-refractivity contribution is 4.88. The van der Waals surface area contributed by atoms with Crippen molar-refractivity contribution in [3.05, 3.63) is 0 Å². The smallest absolute Gasteiger partial charge is 0.0300 e. The van der Waals surface area contributed by atoms with Crippen LogP contribution in [0.4, 0.5) is 0 Å². The van der Waals surface area contributed by atoms with Gasteiger partial charge in [0.2, 0.25) is 0 Å². The first-order chi connectivity index (χ1) is 12.7. The summed E-state index contributed by atoms with van der Waals surface area (Å²) in [4.78, 5) is 0. The van der Waals surface area contributed by atoms with Crippen LogP contribution in [0.3, 0.4) is 0 Å². The highest BCUT2D eigenvalue weighted by atomic mass is 14.4. The zero-order valence-electron chi connectivity index (χ0n) is 18.7. The standard InChI is InChI=1S/C26H50/c1-4-7-9-11-13-23-14-16-24(17-15-23)25-18-21-26(6-3,22-19-25)20-12-10-8-5-2/h23-25H,4-22H2,1-3H3. The molecule has 0 amide bonds. The van der Waals surface area contributed by atoms with Gasteiger partial charge in [-0.25, -0.2) is 0 Å². The van der Waals surface area contributed by atoms with Crippen molar-refractivity contribution in [3.63, 3.8) is 0 Å². The van der Waals surface area contributed by atoms with Crippen molar-refractivity contribution in [2.24, 2.45) is 23.2 Å². The van der Waals surface area contributed by atoms with E-state index in [4.69, 9.17) is 0 Å². The maximum Gasteiger partial charge on any atom is -0.0300 e. The molecule has 2 aliphatic carbocycles. The van der Waals surface area contributed by atoms with Crippen LogP contribution in [0.2, 0.25) is 0 Å². The first kappa shape index (κ1) is 22.3. The van der Waals surface area contributed by atoms with E-state index in [1.165, 1.54) is 70.6 Å². The van der Waals surface area contributed by atoms with Gasteiger partial charge in [-0.2, -0.15) is 0 Å². The molecule has 0 aromatic carbocycles. The lowest BCUT2D eigenvalue weighted by Crippen LogP contribution is -2.31. The molecule has 2 aliphatic rings. The van der Waals surface area contributed by atoms with Crippen molar-refractivity contribution >= 4 is 0 Å². The van der Waals surface area contributed by atoms with Crippen molar-refractivity contribution in [3.8, 4) is 0 Å². The van der Waals surface area contributed by atoms with Gasteiger partial charge in [-0.3, -0.25) is 0 Å². The molecule has 0 spiro atoms. The average molecular weight is 363 g/mol. The maximum atomic E-state index is 2.48. The molecule has 0 N–H and O–H groups in total. The minimum Gasteiger partial charge on any atom is -0.0654 e. The van der Waals surface area contributed by atoms with Gasteiger partial charge in [-0.15, -0.1) is 0 Å². The summed E-state index contributed by atoms with van der Waals surface area (Å²) < 4.78 is 0. The molecule has 0 heterocycles. The number of hydrogen-bond acceptors (Lipinski definition) is 0. The van der Waals surface area contributed by atoms with Crippen LogP contribution in [0.5, 0.6) is 0 Å². The maximum absolute atomic E-state index is 2.48. The van der Waals surface area contributed by atoms with E-state index >= 15 is 0 Å². The van der Waals surface area contributed by atoms with Crippen LogP contribution in [-0.2, 0) is 0 Å². The van der Waals surface area contributed by atoms with Gasteiger partial charge in [-0.05, 0) is 68.1 Å². The first-order valence-electron chi connectivity index (χ1n) is 12.7. The second kappa shape index (κ2) is 12.5. The predicted molar refractivity (Wildman–Crippen MR) is 118 cm³/mol. The van der Waals surface area contributed by atoms with E-state index in [0.717, 1.165) is 23.2 Å². The largest absolute Gasteiger partial charge is 0.0654 e. The summed E-state index contributed by atoms with van der Waals surface area (Å²) >= 11 is 0. The third kappa shape index (κ3) is 7.20. The molecule has 0 aromatic rings. The van der Waals surface area contributed by atoms with Gasteiger partial charge in [-0.1, -0.05) is 97.8 Å². The van der Waals surface area contributed by atoms with Gasteiger partial charge in [0.25, 0.3) is 0 Å². The summed E-state index contributed by atoms with van der Waals surface area (Å²) in [6.07, 6.45) is 28.6. The molecule has 2 fully saturated rings. The number of rotatable bonds is 12. The lowest BCUT2D eigenvalue weighted by atomic mass is 9.62. The fourth-order valence-electron chi connectivity index (χ4n) is 6.24. The van der Waals surface area contributed by atoms with E-state index in [9.17, 15) is 0 Å². The minimum atomic E-state index is 0.737. The topological polar surface area (TPSA) is 0 Å². The SMILES string of the molecule is CCCCCCC1CCC(C2CCC(CC)(CCCCCC)CC2)CC1. The second-order valence-electron chi connectivity index (χ2n) is 10.1. The summed E-state index contributed by atoms with van der Waals surface area (Å²) in [6, 6.07) is 0. The molecule has 0 heteroatoms. The van der Waals surface area contributed by atoms with Gasteiger partial charge in [0, 0.05) is 0 Å². The molecule has 0 unspecified atom stereocenters. The van der Waals surface area contributed by atoms with Crippen molar-refractivity contribution in [1.82, 2.24) is 0 Å². The Morgan fingerprint density at radius 3 is 1.77 bits per heavy atom. The highest BCUT2D eigenvalue weighted by Crippen LogP contribution is 2.49. The zero-order valence-corrected chi connectivity index (χ0v) is 18.7. The van der Waals surface area contributed by atoms with E-state index < -0.39 is 0 Å². The molecule has 0 nitrogen and oxygen atoms in total. The molecule has 0 atom stereocenters. The van der Waals surface area contributed by atoms with Crippen LogP contribution < -0.4 is 0 Å². The van der Waals surface area contributed by atoms with Crippen LogP contribution in [0.1, 0.15) is 143 Å². The van der Waals surface area contributed by atoms with Crippen LogP contribution in [-0.4, -0.2) is 0 Å². The zero-order chi connectivity index (χ0) is 18.7. The molecule has 0 bridgehead atoms. The molecule has 0 aromatic heterocycles. The molecule has 2 saturated carbocycles. The summed E-state index contributed by atoms with van der Waals surface area (Å²) in [5.74, 6) is 3.27. The van der Waals surface area contributed by atoms with E-state index in [1.807, 2.05) is 0 Å². The Balaban J connectivity index is 1.65.